The van der Waals surface area contributed by atoms with Crippen LogP contribution in [0.25, 0.3) is 0 Å². The molecule has 0 spiro atoms. The molecule has 0 unspecified atom stereocenters. The summed E-state index contributed by atoms with van der Waals surface area (Å²) in [5.74, 6) is 0. The Bertz CT molecular complexity index is 238. The van der Waals surface area contributed by atoms with Gasteiger partial charge in [-0.15, -0.1) is 0 Å². The molecular weight excluding hydrogens is 259 g/mol. The van der Waals surface area contributed by atoms with Crippen molar-refractivity contribution in [1.29, 1.82) is 0 Å². The van der Waals surface area contributed by atoms with E-state index in [0.29, 0.717) is 6.16 Å². The maximum Gasteiger partial charge on any atom is 0.331 e. The maximum atomic E-state index is 12.5. The standard InChI is InChI=1S/C15H33O3P/c1-6-7-8-9-10-11-12-13-19(16,17-14(2)3)18-15(4)5/h14-15H,6-13H2,1-5H3. The maximum absolute atomic E-state index is 12.5. The van der Waals surface area contributed by atoms with Crippen LogP contribution in [-0.2, 0) is 13.6 Å². The Labute approximate surface area is 120 Å². The summed E-state index contributed by atoms with van der Waals surface area (Å²) in [6, 6.07) is 0. The highest BCUT2D eigenvalue weighted by Crippen LogP contribution is 2.51. The minimum atomic E-state index is -2.89. The predicted octanol–water partition coefficient (Wildman–Crippen LogP) is 5.78. The van der Waals surface area contributed by atoms with Gasteiger partial charge in [0.05, 0.1) is 18.4 Å². The quantitative estimate of drug-likeness (QED) is 0.338. The van der Waals surface area contributed by atoms with Gasteiger partial charge in [-0.3, -0.25) is 4.57 Å². The monoisotopic (exact) mass is 292 g/mol. The van der Waals surface area contributed by atoms with Gasteiger partial charge >= 0.3 is 7.60 Å². The van der Waals surface area contributed by atoms with Gasteiger partial charge in [-0.2, -0.15) is 0 Å². The van der Waals surface area contributed by atoms with Crippen LogP contribution in [0.5, 0.6) is 0 Å². The van der Waals surface area contributed by atoms with Crippen molar-refractivity contribution in [2.45, 2.75) is 91.8 Å². The summed E-state index contributed by atoms with van der Waals surface area (Å²) in [6.45, 7) is 9.84. The summed E-state index contributed by atoms with van der Waals surface area (Å²) in [5, 5.41) is 0. The highest BCUT2D eigenvalue weighted by molar-refractivity contribution is 7.53. The number of rotatable bonds is 12. The van der Waals surface area contributed by atoms with Gasteiger partial charge in [0.25, 0.3) is 0 Å². The van der Waals surface area contributed by atoms with Crippen molar-refractivity contribution in [3.8, 4) is 0 Å². The number of hydrogen-bond donors (Lipinski definition) is 0. The van der Waals surface area contributed by atoms with Crippen molar-refractivity contribution in [1.82, 2.24) is 0 Å². The lowest BCUT2D eigenvalue weighted by atomic mass is 10.1. The van der Waals surface area contributed by atoms with Gasteiger partial charge in [-0.25, -0.2) is 0 Å². The van der Waals surface area contributed by atoms with E-state index in [1.807, 2.05) is 27.7 Å². The third-order valence-corrected chi connectivity index (χ3v) is 5.13. The Morgan fingerprint density at radius 1 is 0.789 bits per heavy atom. The van der Waals surface area contributed by atoms with Crippen molar-refractivity contribution >= 4 is 7.60 Å². The van der Waals surface area contributed by atoms with Crippen LogP contribution in [0.1, 0.15) is 79.6 Å². The van der Waals surface area contributed by atoms with E-state index in [-0.39, 0.29) is 12.2 Å². The molecule has 3 nitrogen and oxygen atoms in total. The van der Waals surface area contributed by atoms with Gasteiger partial charge < -0.3 is 9.05 Å². The molecule has 0 saturated carbocycles. The fraction of sp³-hybridized carbons (Fsp3) is 1.00. The highest BCUT2D eigenvalue weighted by Gasteiger charge is 2.26. The number of hydrogen-bond acceptors (Lipinski definition) is 3. The summed E-state index contributed by atoms with van der Waals surface area (Å²) in [5.41, 5.74) is 0. The smallest absolute Gasteiger partial charge is 0.306 e. The SMILES string of the molecule is CCCCCCCCCP(=O)(OC(C)C)OC(C)C. The van der Waals surface area contributed by atoms with Crippen LogP contribution in [0, 0.1) is 0 Å². The molecule has 0 aromatic rings. The zero-order valence-electron chi connectivity index (χ0n) is 13.5. The summed E-state index contributed by atoms with van der Waals surface area (Å²) in [6.07, 6.45) is 8.95. The average molecular weight is 292 g/mol. The zero-order chi connectivity index (χ0) is 14.7. The molecule has 0 amide bonds. The van der Waals surface area contributed by atoms with Crippen molar-refractivity contribution in [2.24, 2.45) is 0 Å². The first kappa shape index (κ1) is 19.1. The molecule has 0 heterocycles. The molecule has 0 aliphatic carbocycles. The van der Waals surface area contributed by atoms with Crippen LogP contribution in [0.4, 0.5) is 0 Å². The van der Waals surface area contributed by atoms with E-state index in [1.54, 1.807) is 0 Å². The van der Waals surface area contributed by atoms with Gasteiger partial charge in [0.15, 0.2) is 0 Å². The van der Waals surface area contributed by atoms with Crippen molar-refractivity contribution in [3.63, 3.8) is 0 Å². The third kappa shape index (κ3) is 11.7. The van der Waals surface area contributed by atoms with Crippen LogP contribution in [0.15, 0.2) is 0 Å². The van der Waals surface area contributed by atoms with Gasteiger partial charge in [0, 0.05) is 0 Å². The molecule has 0 radical (unpaired) electrons. The van der Waals surface area contributed by atoms with Gasteiger partial charge in [0.1, 0.15) is 0 Å². The minimum absolute atomic E-state index is 0.0471. The lowest BCUT2D eigenvalue weighted by Gasteiger charge is -2.22. The third-order valence-electron chi connectivity index (χ3n) is 2.78. The average Bonchev–Trinajstić information content (AvgIpc) is 2.25. The van der Waals surface area contributed by atoms with E-state index < -0.39 is 7.60 Å². The van der Waals surface area contributed by atoms with Crippen LogP contribution >= 0.6 is 7.60 Å². The fourth-order valence-electron chi connectivity index (χ4n) is 2.04. The lowest BCUT2D eigenvalue weighted by Crippen LogP contribution is -2.10. The molecule has 19 heavy (non-hydrogen) atoms. The molecule has 0 saturated heterocycles. The van der Waals surface area contributed by atoms with E-state index in [9.17, 15) is 4.57 Å². The second kappa shape index (κ2) is 10.9. The lowest BCUT2D eigenvalue weighted by molar-refractivity contribution is 0.142. The van der Waals surface area contributed by atoms with E-state index in [2.05, 4.69) is 6.92 Å². The summed E-state index contributed by atoms with van der Waals surface area (Å²) >= 11 is 0. The second-order valence-electron chi connectivity index (χ2n) is 5.76. The summed E-state index contributed by atoms with van der Waals surface area (Å²) in [4.78, 5) is 0. The molecule has 0 aromatic carbocycles. The fourth-order valence-corrected chi connectivity index (χ4v) is 4.19. The number of unbranched alkanes of at least 4 members (excludes halogenated alkanes) is 6. The molecule has 4 heteroatoms. The Morgan fingerprint density at radius 3 is 1.63 bits per heavy atom. The van der Waals surface area contributed by atoms with Gasteiger partial charge in [0.2, 0.25) is 0 Å². The largest absolute Gasteiger partial charge is 0.331 e. The molecule has 0 aromatic heterocycles. The molecule has 0 atom stereocenters. The molecule has 0 aliphatic rings. The van der Waals surface area contributed by atoms with E-state index >= 15 is 0 Å². The van der Waals surface area contributed by atoms with Crippen LogP contribution in [0.3, 0.4) is 0 Å². The van der Waals surface area contributed by atoms with E-state index in [1.165, 1.54) is 32.1 Å². The van der Waals surface area contributed by atoms with E-state index in [4.69, 9.17) is 9.05 Å². The molecule has 116 valence electrons. The molecule has 0 bridgehead atoms. The van der Waals surface area contributed by atoms with Crippen LogP contribution < -0.4 is 0 Å². The molecule has 0 aliphatic heterocycles. The normalized spacial score (nSPS) is 12.6. The Morgan fingerprint density at radius 2 is 1.21 bits per heavy atom. The molecule has 0 N–H and O–H groups in total. The predicted molar refractivity (Wildman–Crippen MR) is 82.9 cm³/mol. The minimum Gasteiger partial charge on any atom is -0.306 e. The van der Waals surface area contributed by atoms with Crippen molar-refractivity contribution in [2.75, 3.05) is 6.16 Å². The Hall–Kier alpha value is 0.150. The molecule has 0 fully saturated rings. The Kier molecular flexibility index (Phi) is 11.0. The van der Waals surface area contributed by atoms with Crippen LogP contribution in [-0.4, -0.2) is 18.4 Å². The summed E-state index contributed by atoms with van der Waals surface area (Å²) < 4.78 is 23.6. The first-order valence-corrected chi connectivity index (χ1v) is 9.58. The topological polar surface area (TPSA) is 35.5 Å². The summed E-state index contributed by atoms with van der Waals surface area (Å²) in [7, 11) is -2.89. The van der Waals surface area contributed by atoms with Gasteiger partial charge in [-0.1, -0.05) is 45.4 Å². The molecule has 0 rings (SSSR count). The first-order valence-electron chi connectivity index (χ1n) is 7.85. The molecular formula is C15H33O3P. The first-order chi connectivity index (χ1) is 8.89. The Balaban J connectivity index is 3.90. The van der Waals surface area contributed by atoms with Gasteiger partial charge in [-0.05, 0) is 34.1 Å². The second-order valence-corrected chi connectivity index (χ2v) is 7.85. The highest BCUT2D eigenvalue weighted by atomic mass is 31.2. The van der Waals surface area contributed by atoms with Crippen molar-refractivity contribution in [3.05, 3.63) is 0 Å². The van der Waals surface area contributed by atoms with E-state index in [0.717, 1.165) is 12.8 Å². The zero-order valence-corrected chi connectivity index (χ0v) is 14.4. The van der Waals surface area contributed by atoms with Crippen molar-refractivity contribution < 1.29 is 13.6 Å². The van der Waals surface area contributed by atoms with Crippen LogP contribution in [0.2, 0.25) is 0 Å².